The number of anilines is 3. The second-order valence-electron chi connectivity index (χ2n) is 12.4. The molecular formula is C39H42N10O4. The van der Waals surface area contributed by atoms with Gasteiger partial charge in [0.15, 0.2) is 0 Å². The normalized spacial score (nSPS) is 10.8. The Morgan fingerprint density at radius 3 is 2.45 bits per heavy atom. The molecule has 14 nitrogen and oxygen atoms in total. The van der Waals surface area contributed by atoms with Crippen molar-refractivity contribution in [3.05, 3.63) is 115 Å². The number of amides is 5. The van der Waals surface area contributed by atoms with Gasteiger partial charge in [-0.25, -0.2) is 24.2 Å². The molecule has 0 aliphatic heterocycles. The molecule has 3 aromatic carbocycles. The summed E-state index contributed by atoms with van der Waals surface area (Å²) in [5, 5.41) is 20.2. The number of nitrogens with one attached hydrogen (secondary N) is 5. The maximum Gasteiger partial charge on any atom is 0.324 e. The van der Waals surface area contributed by atoms with E-state index in [1.807, 2.05) is 72.3 Å². The first-order chi connectivity index (χ1) is 25.8. The second-order valence-corrected chi connectivity index (χ2v) is 12.4. The number of fused-ring (bicyclic) bond motifs is 1. The van der Waals surface area contributed by atoms with Crippen LogP contribution in [0.3, 0.4) is 0 Å². The number of aryl methyl sites for hydroxylation is 3. The Kier molecular flexibility index (Phi) is 11.9. The third-order valence-corrected chi connectivity index (χ3v) is 8.28. The van der Waals surface area contributed by atoms with Crippen LogP contribution < -0.4 is 31.3 Å². The van der Waals surface area contributed by atoms with Gasteiger partial charge in [-0.2, -0.15) is 5.10 Å². The Balaban J connectivity index is 1.07. The second kappa shape index (κ2) is 17.5. The number of aromatic nitrogens is 5. The van der Waals surface area contributed by atoms with Crippen molar-refractivity contribution in [3.8, 4) is 17.2 Å². The summed E-state index contributed by atoms with van der Waals surface area (Å²) in [7, 11) is 0. The number of unbranched alkanes of at least 4 members (excludes halogenated alkanes) is 1. The van der Waals surface area contributed by atoms with Gasteiger partial charge >= 0.3 is 12.1 Å². The van der Waals surface area contributed by atoms with Gasteiger partial charge in [0.1, 0.15) is 23.1 Å². The average molecular weight is 715 g/mol. The molecule has 14 heteroatoms. The summed E-state index contributed by atoms with van der Waals surface area (Å²) in [6.45, 7) is 5.18. The number of carbonyl (C=O) groups is 3. The molecule has 0 aliphatic carbocycles. The molecule has 53 heavy (non-hydrogen) atoms. The van der Waals surface area contributed by atoms with E-state index >= 15 is 0 Å². The lowest BCUT2D eigenvalue weighted by Crippen LogP contribution is -2.39. The average Bonchev–Trinajstić information content (AvgIpc) is 3.83. The molecule has 0 aliphatic rings. The number of urea groups is 2. The van der Waals surface area contributed by atoms with E-state index in [4.69, 9.17) is 9.84 Å². The number of imidazole rings is 1. The Bertz CT molecular complexity index is 2160. The van der Waals surface area contributed by atoms with Crippen LogP contribution in [0.25, 0.3) is 16.5 Å². The summed E-state index contributed by atoms with van der Waals surface area (Å²) in [6.07, 6.45) is 10.4. The van der Waals surface area contributed by atoms with Gasteiger partial charge in [0.05, 0.1) is 29.9 Å². The number of benzene rings is 3. The van der Waals surface area contributed by atoms with Gasteiger partial charge in [-0.3, -0.25) is 15.4 Å². The van der Waals surface area contributed by atoms with Gasteiger partial charge in [0, 0.05) is 54.6 Å². The molecular weight excluding hydrogens is 672 g/mol. The minimum absolute atomic E-state index is 0.187. The Hall–Kier alpha value is -6.70. The van der Waals surface area contributed by atoms with E-state index in [0.29, 0.717) is 29.5 Å². The molecule has 6 rings (SSSR count). The monoisotopic (exact) mass is 714 g/mol. The molecule has 0 fully saturated rings. The van der Waals surface area contributed by atoms with Crippen molar-refractivity contribution in [3.63, 3.8) is 0 Å². The van der Waals surface area contributed by atoms with Crippen molar-refractivity contribution in [1.82, 2.24) is 34.9 Å². The molecule has 0 unspecified atom stereocenters. The highest BCUT2D eigenvalue weighted by Gasteiger charge is 2.16. The van der Waals surface area contributed by atoms with Crippen molar-refractivity contribution < 1.29 is 19.1 Å². The predicted molar refractivity (Wildman–Crippen MR) is 205 cm³/mol. The molecule has 0 radical (unpaired) electrons. The van der Waals surface area contributed by atoms with Crippen molar-refractivity contribution in [2.45, 2.75) is 46.1 Å². The maximum atomic E-state index is 13.4. The molecule has 0 bridgehead atoms. The van der Waals surface area contributed by atoms with Crippen LogP contribution >= 0.6 is 0 Å². The van der Waals surface area contributed by atoms with Crippen LogP contribution in [0.2, 0.25) is 0 Å². The summed E-state index contributed by atoms with van der Waals surface area (Å²) in [5.41, 5.74) is 3.48. The Morgan fingerprint density at radius 2 is 1.66 bits per heavy atom. The minimum Gasteiger partial charge on any atom is -0.457 e. The number of ether oxygens (including phenoxy) is 1. The van der Waals surface area contributed by atoms with E-state index in [1.54, 1.807) is 41.5 Å². The first-order valence-corrected chi connectivity index (χ1v) is 17.5. The van der Waals surface area contributed by atoms with Crippen LogP contribution in [0.1, 0.15) is 37.4 Å². The number of nitrogens with zero attached hydrogens (tertiary/aromatic N) is 5. The summed E-state index contributed by atoms with van der Waals surface area (Å²) >= 11 is 0. The summed E-state index contributed by atoms with van der Waals surface area (Å²) < 4.78 is 9.91. The van der Waals surface area contributed by atoms with E-state index in [9.17, 15) is 14.4 Å². The zero-order valence-electron chi connectivity index (χ0n) is 29.6. The number of rotatable bonds is 15. The highest BCUT2D eigenvalue weighted by molar-refractivity contribution is 6.07. The molecule has 0 saturated heterocycles. The van der Waals surface area contributed by atoms with Crippen molar-refractivity contribution >= 4 is 46.1 Å². The number of hydrogen-bond donors (Lipinski definition) is 5. The Labute approximate surface area is 307 Å². The number of pyridine rings is 1. The standard InChI is InChI=1S/C39H42N10O4/c1-3-4-8-28-23-36(49(47-28)29-13-11-27(2)12-14-29)46-39(52)44-33-15-16-34(32-10-6-5-9-31(32)33)53-30-17-19-41-35(24-30)45-38(51)43-25-37(50)42-18-7-21-48-22-20-40-26-48/h5-6,9-17,19-20,22-24,26H,3-4,7-8,18,21,25H2,1-2H3,(H,42,50)(H2,44,46,52)(H2,41,43,45,51). The van der Waals surface area contributed by atoms with Crippen molar-refractivity contribution in [1.29, 1.82) is 0 Å². The van der Waals surface area contributed by atoms with Gasteiger partial charge in [0.25, 0.3) is 0 Å². The summed E-state index contributed by atoms with van der Waals surface area (Å²) in [5.74, 6) is 1.47. The molecule has 0 atom stereocenters. The highest BCUT2D eigenvalue weighted by Crippen LogP contribution is 2.35. The van der Waals surface area contributed by atoms with Gasteiger partial charge in [-0.05, 0) is 56.5 Å². The lowest BCUT2D eigenvalue weighted by atomic mass is 10.1. The first kappa shape index (κ1) is 36.1. The smallest absolute Gasteiger partial charge is 0.324 e. The molecule has 0 spiro atoms. The highest BCUT2D eigenvalue weighted by atomic mass is 16.5. The fourth-order valence-electron chi connectivity index (χ4n) is 5.58. The van der Waals surface area contributed by atoms with Crippen LogP contribution in [-0.4, -0.2) is 55.4 Å². The van der Waals surface area contributed by atoms with Gasteiger partial charge in [-0.1, -0.05) is 55.3 Å². The first-order valence-electron chi connectivity index (χ1n) is 17.5. The molecule has 3 aromatic heterocycles. The van der Waals surface area contributed by atoms with E-state index < -0.39 is 12.1 Å². The lowest BCUT2D eigenvalue weighted by molar-refractivity contribution is -0.120. The van der Waals surface area contributed by atoms with Crippen LogP contribution in [0.5, 0.6) is 11.5 Å². The lowest BCUT2D eigenvalue weighted by Gasteiger charge is -2.15. The number of carbonyl (C=O) groups excluding carboxylic acids is 3. The third kappa shape index (κ3) is 9.97. The number of hydrogen-bond acceptors (Lipinski definition) is 7. The zero-order chi connectivity index (χ0) is 37.0. The van der Waals surface area contributed by atoms with Crippen molar-refractivity contribution in [2.75, 3.05) is 29.0 Å². The SMILES string of the molecule is CCCCc1cc(NC(=O)Nc2ccc(Oc3ccnc(NC(=O)NCC(=O)NCCCn4ccnc4)c3)c3ccccc23)n(-c2ccc(C)cc2)n1. The predicted octanol–water partition coefficient (Wildman–Crippen LogP) is 7.03. The van der Waals surface area contributed by atoms with Crippen LogP contribution in [0, 0.1) is 6.92 Å². The molecule has 3 heterocycles. The van der Waals surface area contributed by atoms with Crippen LogP contribution in [0.15, 0.2) is 104 Å². The van der Waals surface area contributed by atoms with Crippen LogP contribution in [0.4, 0.5) is 26.9 Å². The van der Waals surface area contributed by atoms with E-state index in [2.05, 4.69) is 43.5 Å². The molecule has 0 saturated carbocycles. The Morgan fingerprint density at radius 1 is 0.830 bits per heavy atom. The molecule has 272 valence electrons. The molecule has 5 amide bonds. The topological polar surface area (TPSA) is 169 Å². The zero-order valence-corrected chi connectivity index (χ0v) is 29.6. The fraction of sp³-hybridized carbons (Fsp3) is 0.231. The van der Waals surface area contributed by atoms with Gasteiger partial charge in [0.2, 0.25) is 5.91 Å². The van der Waals surface area contributed by atoms with E-state index in [0.717, 1.165) is 59.9 Å². The van der Waals surface area contributed by atoms with E-state index in [-0.39, 0.29) is 18.3 Å². The molecule has 5 N–H and O–H groups in total. The van der Waals surface area contributed by atoms with Crippen molar-refractivity contribution in [2.24, 2.45) is 0 Å². The van der Waals surface area contributed by atoms with Gasteiger partial charge in [-0.15, -0.1) is 0 Å². The van der Waals surface area contributed by atoms with Gasteiger partial charge < -0.3 is 25.3 Å². The third-order valence-electron chi connectivity index (χ3n) is 8.28. The summed E-state index contributed by atoms with van der Waals surface area (Å²) in [4.78, 5) is 46.3. The van der Waals surface area contributed by atoms with E-state index in [1.165, 1.54) is 6.20 Å². The quantitative estimate of drug-likeness (QED) is 0.0711. The maximum absolute atomic E-state index is 13.4. The minimum atomic E-state index is -0.582. The summed E-state index contributed by atoms with van der Waals surface area (Å²) in [6, 6.07) is 23.3. The largest absolute Gasteiger partial charge is 0.457 e. The van der Waals surface area contributed by atoms with Crippen LogP contribution in [-0.2, 0) is 17.8 Å². The molecule has 6 aromatic rings. The fourth-order valence-corrected chi connectivity index (χ4v) is 5.58.